The fraction of sp³-hybridized carbons (Fsp3) is 0.176. The molecule has 0 spiro atoms. The van der Waals surface area contributed by atoms with Crippen molar-refractivity contribution in [1.29, 1.82) is 0 Å². The number of nitrogens with two attached hydrogens (primary N) is 1. The van der Waals surface area contributed by atoms with Crippen LogP contribution in [0.1, 0.15) is 18.3 Å². The number of rotatable bonds is 3. The molecule has 1 unspecified atom stereocenters. The van der Waals surface area contributed by atoms with E-state index in [4.69, 9.17) is 5.73 Å². The standard InChI is InChI=1S/C17H18N4/c1-17(18,14-11-7-4-8-12-14)16-19-15(20-21(16)2)13-9-5-3-6-10-13/h3-12H,18H2,1-2H3. The molecule has 0 bridgehead atoms. The molecule has 0 aliphatic rings. The van der Waals surface area contributed by atoms with E-state index in [0.717, 1.165) is 17.0 Å². The summed E-state index contributed by atoms with van der Waals surface area (Å²) in [6.07, 6.45) is 0. The van der Waals surface area contributed by atoms with E-state index < -0.39 is 5.54 Å². The summed E-state index contributed by atoms with van der Waals surface area (Å²) >= 11 is 0. The molecule has 2 aromatic carbocycles. The van der Waals surface area contributed by atoms with E-state index in [0.29, 0.717) is 5.82 Å². The minimum atomic E-state index is -0.684. The van der Waals surface area contributed by atoms with E-state index in [9.17, 15) is 0 Å². The summed E-state index contributed by atoms with van der Waals surface area (Å²) in [4.78, 5) is 4.65. The molecular formula is C17H18N4. The van der Waals surface area contributed by atoms with Crippen molar-refractivity contribution in [3.63, 3.8) is 0 Å². The summed E-state index contributed by atoms with van der Waals surface area (Å²) in [7, 11) is 1.88. The van der Waals surface area contributed by atoms with Crippen molar-refractivity contribution in [2.24, 2.45) is 12.8 Å². The topological polar surface area (TPSA) is 56.7 Å². The Labute approximate surface area is 124 Å². The Morgan fingerprint density at radius 1 is 0.952 bits per heavy atom. The highest BCUT2D eigenvalue weighted by Gasteiger charge is 2.29. The van der Waals surface area contributed by atoms with Gasteiger partial charge in [0.15, 0.2) is 11.6 Å². The summed E-state index contributed by atoms with van der Waals surface area (Å²) < 4.78 is 1.76. The first kappa shape index (κ1) is 13.5. The third-order valence-electron chi connectivity index (χ3n) is 3.63. The molecule has 3 rings (SSSR count). The number of hydrogen-bond donors (Lipinski definition) is 1. The van der Waals surface area contributed by atoms with Gasteiger partial charge in [0.1, 0.15) is 0 Å². The Balaban J connectivity index is 2.06. The van der Waals surface area contributed by atoms with Crippen LogP contribution in [0.15, 0.2) is 60.7 Å². The Hall–Kier alpha value is -2.46. The molecular weight excluding hydrogens is 260 g/mol. The number of aromatic nitrogens is 3. The molecule has 0 radical (unpaired) electrons. The van der Waals surface area contributed by atoms with E-state index >= 15 is 0 Å². The molecule has 3 aromatic rings. The second-order valence-corrected chi connectivity index (χ2v) is 5.32. The Bertz CT molecular complexity index is 730. The number of aryl methyl sites for hydroxylation is 1. The van der Waals surface area contributed by atoms with Crippen molar-refractivity contribution < 1.29 is 0 Å². The van der Waals surface area contributed by atoms with Gasteiger partial charge < -0.3 is 5.73 Å². The second kappa shape index (κ2) is 5.14. The van der Waals surface area contributed by atoms with Crippen molar-refractivity contribution >= 4 is 0 Å². The summed E-state index contributed by atoms with van der Waals surface area (Å²) in [5.41, 5.74) is 7.85. The minimum Gasteiger partial charge on any atom is -0.315 e. The van der Waals surface area contributed by atoms with Crippen LogP contribution in [-0.4, -0.2) is 14.8 Å². The number of benzene rings is 2. The lowest BCUT2D eigenvalue weighted by Crippen LogP contribution is -2.37. The van der Waals surface area contributed by atoms with E-state index in [1.807, 2.05) is 74.6 Å². The van der Waals surface area contributed by atoms with Gasteiger partial charge in [-0.15, -0.1) is 0 Å². The molecule has 1 atom stereocenters. The SMILES string of the molecule is Cn1nc(-c2ccccc2)nc1C(C)(N)c1ccccc1. The van der Waals surface area contributed by atoms with Crippen LogP contribution in [0.3, 0.4) is 0 Å². The summed E-state index contributed by atoms with van der Waals surface area (Å²) in [5, 5.41) is 4.50. The van der Waals surface area contributed by atoms with Gasteiger partial charge in [-0.2, -0.15) is 5.10 Å². The van der Waals surface area contributed by atoms with Crippen LogP contribution in [-0.2, 0) is 12.6 Å². The smallest absolute Gasteiger partial charge is 0.181 e. The Kier molecular flexibility index (Phi) is 3.31. The highest BCUT2D eigenvalue weighted by molar-refractivity contribution is 5.54. The number of hydrogen-bond acceptors (Lipinski definition) is 3. The van der Waals surface area contributed by atoms with Crippen LogP contribution in [0.2, 0.25) is 0 Å². The normalized spacial score (nSPS) is 13.9. The summed E-state index contributed by atoms with van der Waals surface area (Å²) in [6.45, 7) is 1.96. The highest BCUT2D eigenvalue weighted by Crippen LogP contribution is 2.26. The molecule has 4 heteroatoms. The van der Waals surface area contributed by atoms with Crippen molar-refractivity contribution in [1.82, 2.24) is 14.8 Å². The average molecular weight is 278 g/mol. The predicted octanol–water partition coefficient (Wildman–Crippen LogP) is 2.70. The van der Waals surface area contributed by atoms with Gasteiger partial charge in [-0.25, -0.2) is 4.98 Å². The van der Waals surface area contributed by atoms with Crippen molar-refractivity contribution in [3.8, 4) is 11.4 Å². The molecule has 1 aromatic heterocycles. The van der Waals surface area contributed by atoms with Gasteiger partial charge in [0.05, 0.1) is 5.54 Å². The van der Waals surface area contributed by atoms with E-state index in [-0.39, 0.29) is 0 Å². The number of nitrogens with zero attached hydrogens (tertiary/aromatic N) is 3. The highest BCUT2D eigenvalue weighted by atomic mass is 15.3. The largest absolute Gasteiger partial charge is 0.315 e. The Morgan fingerprint density at radius 3 is 2.14 bits per heavy atom. The molecule has 1 heterocycles. The van der Waals surface area contributed by atoms with Crippen LogP contribution in [0, 0.1) is 0 Å². The van der Waals surface area contributed by atoms with Crippen LogP contribution in [0.25, 0.3) is 11.4 Å². The summed E-state index contributed by atoms with van der Waals surface area (Å²) in [5.74, 6) is 1.44. The molecule has 0 aliphatic carbocycles. The van der Waals surface area contributed by atoms with Crippen molar-refractivity contribution in [3.05, 3.63) is 72.1 Å². The molecule has 0 saturated carbocycles. The van der Waals surface area contributed by atoms with Gasteiger partial charge in [0, 0.05) is 12.6 Å². The molecule has 0 saturated heterocycles. The molecule has 21 heavy (non-hydrogen) atoms. The molecule has 0 fully saturated rings. The van der Waals surface area contributed by atoms with Crippen molar-refractivity contribution in [2.45, 2.75) is 12.5 Å². The van der Waals surface area contributed by atoms with E-state index in [1.165, 1.54) is 0 Å². The molecule has 0 amide bonds. The van der Waals surface area contributed by atoms with E-state index in [1.54, 1.807) is 4.68 Å². The monoisotopic (exact) mass is 278 g/mol. The first-order valence-electron chi connectivity index (χ1n) is 6.90. The van der Waals surface area contributed by atoms with Gasteiger partial charge in [0.25, 0.3) is 0 Å². The van der Waals surface area contributed by atoms with Crippen LogP contribution < -0.4 is 5.73 Å². The quantitative estimate of drug-likeness (QED) is 0.801. The van der Waals surface area contributed by atoms with E-state index in [2.05, 4.69) is 10.1 Å². The lowest BCUT2D eigenvalue weighted by Gasteiger charge is -2.23. The Morgan fingerprint density at radius 2 is 1.52 bits per heavy atom. The van der Waals surface area contributed by atoms with Crippen LogP contribution in [0.5, 0.6) is 0 Å². The zero-order valence-corrected chi connectivity index (χ0v) is 12.2. The van der Waals surface area contributed by atoms with Gasteiger partial charge in [0.2, 0.25) is 0 Å². The maximum atomic E-state index is 6.53. The lowest BCUT2D eigenvalue weighted by molar-refractivity contribution is 0.517. The fourth-order valence-electron chi connectivity index (χ4n) is 2.46. The average Bonchev–Trinajstić information content (AvgIpc) is 2.92. The molecule has 2 N–H and O–H groups in total. The van der Waals surface area contributed by atoms with Gasteiger partial charge in [-0.1, -0.05) is 60.7 Å². The fourth-order valence-corrected chi connectivity index (χ4v) is 2.46. The molecule has 4 nitrogen and oxygen atoms in total. The molecule has 106 valence electrons. The summed E-state index contributed by atoms with van der Waals surface area (Å²) in [6, 6.07) is 19.9. The minimum absolute atomic E-state index is 0.684. The third kappa shape index (κ3) is 2.45. The van der Waals surface area contributed by atoms with Gasteiger partial charge in [-0.3, -0.25) is 4.68 Å². The molecule has 0 aliphatic heterocycles. The van der Waals surface area contributed by atoms with Gasteiger partial charge in [-0.05, 0) is 12.5 Å². The zero-order chi connectivity index (χ0) is 14.9. The first-order valence-corrected chi connectivity index (χ1v) is 6.90. The van der Waals surface area contributed by atoms with Crippen LogP contribution in [0.4, 0.5) is 0 Å². The first-order chi connectivity index (χ1) is 10.1. The van der Waals surface area contributed by atoms with Gasteiger partial charge >= 0.3 is 0 Å². The predicted molar refractivity (Wildman–Crippen MR) is 83.5 cm³/mol. The van der Waals surface area contributed by atoms with Crippen molar-refractivity contribution in [2.75, 3.05) is 0 Å². The zero-order valence-electron chi connectivity index (χ0n) is 12.2. The maximum absolute atomic E-state index is 6.53. The third-order valence-corrected chi connectivity index (χ3v) is 3.63. The lowest BCUT2D eigenvalue weighted by atomic mass is 9.92. The van der Waals surface area contributed by atoms with Crippen LogP contribution >= 0.6 is 0 Å². The second-order valence-electron chi connectivity index (χ2n) is 5.32. The maximum Gasteiger partial charge on any atom is 0.181 e.